The first-order valence-electron chi connectivity index (χ1n) is 30.5. The van der Waals surface area contributed by atoms with Gasteiger partial charge in [0, 0.05) is 42.0 Å². The summed E-state index contributed by atoms with van der Waals surface area (Å²) < 4.78 is 61.2. The Bertz CT molecular complexity index is 3530. The van der Waals surface area contributed by atoms with Gasteiger partial charge in [-0.15, -0.1) is 0 Å². The van der Waals surface area contributed by atoms with E-state index in [1.807, 2.05) is 0 Å². The number of amides is 6. The second-order valence-electron chi connectivity index (χ2n) is 23.2. The van der Waals surface area contributed by atoms with Crippen molar-refractivity contribution in [1.82, 2.24) is 30.8 Å². The molecule has 2 aromatic heterocycles. The number of ether oxygens (including phenoxy) is 8. The van der Waals surface area contributed by atoms with Crippen LogP contribution in [-0.2, 0) is 93.7 Å². The summed E-state index contributed by atoms with van der Waals surface area (Å²) in [5, 5.41) is 67.3. The number of nitrogens with one attached hydrogen (secondary N) is 5. The number of aromatic nitrogens is 2. The number of aliphatic carboxylic acids is 1. The van der Waals surface area contributed by atoms with Crippen LogP contribution in [0.2, 0.25) is 0 Å². The Morgan fingerprint density at radius 1 is 0.871 bits per heavy atom. The van der Waals surface area contributed by atoms with Gasteiger partial charge in [0.2, 0.25) is 24.0 Å². The average molecular weight is 1310 g/mol. The molecule has 9 atom stereocenters. The van der Waals surface area contributed by atoms with Crippen molar-refractivity contribution in [3.63, 3.8) is 0 Å². The van der Waals surface area contributed by atoms with Crippen LogP contribution in [0.1, 0.15) is 111 Å². The second-order valence-corrected chi connectivity index (χ2v) is 23.2. The number of urea groups is 1. The molecule has 1 aliphatic carbocycles. The number of nitrogens with zero attached hydrogens (tertiary/aromatic N) is 2. The van der Waals surface area contributed by atoms with Gasteiger partial charge in [-0.2, -0.15) is 0 Å². The highest BCUT2D eigenvalue weighted by Crippen LogP contribution is 2.46. The number of pyridine rings is 2. The van der Waals surface area contributed by atoms with Gasteiger partial charge < -0.3 is 100 Å². The number of aliphatic hydroxyl groups is 4. The smallest absolute Gasteiger partial charge is 0.407 e. The van der Waals surface area contributed by atoms with Crippen LogP contribution in [0.3, 0.4) is 0 Å². The highest BCUT2D eigenvalue weighted by Gasteiger charge is 2.49. The van der Waals surface area contributed by atoms with Crippen LogP contribution < -0.4 is 42.6 Å². The van der Waals surface area contributed by atoms with E-state index in [9.17, 15) is 68.7 Å². The summed E-state index contributed by atoms with van der Waals surface area (Å²) in [5.41, 5.74) is 5.54. The molecule has 0 radical (unpaired) electrons. The number of anilines is 1. The Hall–Kier alpha value is -8.27. The summed E-state index contributed by atoms with van der Waals surface area (Å²) in [5.74, 6) is -6.24. The number of benzene rings is 2. The number of rotatable bonds is 32. The van der Waals surface area contributed by atoms with Gasteiger partial charge in [0.05, 0.1) is 93.6 Å². The molecule has 6 amide bonds. The molecule has 2 aromatic carbocycles. The van der Waals surface area contributed by atoms with Crippen molar-refractivity contribution >= 4 is 64.2 Å². The predicted octanol–water partition coefficient (Wildman–Crippen LogP) is 1.16. The monoisotopic (exact) mass is 1310 g/mol. The lowest BCUT2D eigenvalue weighted by Gasteiger charge is -2.38. The number of carboxylic acid groups (broad SMARTS) is 1. The van der Waals surface area contributed by atoms with E-state index in [2.05, 4.69) is 26.6 Å². The third kappa shape index (κ3) is 16.8. The number of halogens is 1. The standard InChI is InChI=1S/C62H79FN8O22/c1-6-62(85)37-25-43-49-35(27-71(43)56(79)36(37)29-90-59(62)82)47-40(12-10-34-32(5)38(63)26-42(66-49)46(34)47)69-61(84)91-28-33-9-11-39(44(24-33)92-58-52(76)50(74)51(75)53(93-58)57(80)81)67-54(77)41(8-7-15-65-60(64)83)68-55(78)48(30(2)3)70-45(73)14-17-87-19-21-89-23-22-88-20-18-86-16-13-31(4)72/h9,11,24-26,30,40-41,48,50-53,58,74-76,85H,6-8,10,12-23,27-29H2,1-5H3,(H,67,77)(H,68,78)(H,69,84)(H,70,73)(H,80,81)(H3,64,65,83)/t40-,41?,48-,50-,51-,52+,53-,58+,62-/m0/s1. The van der Waals surface area contributed by atoms with Gasteiger partial charge >= 0.3 is 24.1 Å². The number of aryl methyl sites for hydroxylation is 1. The maximum Gasteiger partial charge on any atom is 0.407 e. The summed E-state index contributed by atoms with van der Waals surface area (Å²) in [4.78, 5) is 122. The number of alkyl carbamates (subject to hydrolysis) is 1. The van der Waals surface area contributed by atoms with Crippen molar-refractivity contribution < 1.29 is 106 Å². The molecule has 0 saturated carbocycles. The Morgan fingerprint density at radius 3 is 2.19 bits per heavy atom. The Labute approximate surface area is 532 Å². The molecule has 4 aromatic rings. The molecule has 1 unspecified atom stereocenters. The van der Waals surface area contributed by atoms with E-state index in [1.165, 1.54) is 41.8 Å². The Balaban J connectivity index is 0.969. The van der Waals surface area contributed by atoms with Crippen LogP contribution in [0.4, 0.5) is 19.7 Å². The first-order valence-corrected chi connectivity index (χ1v) is 30.5. The van der Waals surface area contributed by atoms with Gasteiger partial charge in [-0.1, -0.05) is 26.8 Å². The lowest BCUT2D eigenvalue weighted by atomic mass is 9.81. The lowest BCUT2D eigenvalue weighted by Crippen LogP contribution is -2.61. The molecule has 1 saturated heterocycles. The number of aliphatic hydroxyl groups excluding tert-OH is 3. The van der Waals surface area contributed by atoms with Crippen LogP contribution in [0.5, 0.6) is 5.75 Å². The Kier molecular flexibility index (Phi) is 24.0. The van der Waals surface area contributed by atoms with E-state index in [0.29, 0.717) is 66.9 Å². The van der Waals surface area contributed by atoms with Crippen molar-refractivity contribution in [2.75, 3.05) is 64.7 Å². The number of hydrogen-bond acceptors (Lipinski definition) is 22. The largest absolute Gasteiger partial charge is 0.479 e. The molecule has 0 spiro atoms. The molecule has 93 heavy (non-hydrogen) atoms. The number of cyclic esters (lactones) is 1. The van der Waals surface area contributed by atoms with E-state index in [-0.39, 0.29) is 129 Å². The second kappa shape index (κ2) is 31.6. The summed E-state index contributed by atoms with van der Waals surface area (Å²) >= 11 is 0. The van der Waals surface area contributed by atoms with E-state index < -0.39 is 120 Å². The van der Waals surface area contributed by atoms with Crippen LogP contribution in [0, 0.1) is 18.7 Å². The zero-order chi connectivity index (χ0) is 67.4. The maximum atomic E-state index is 15.6. The number of carbonyl (C=O) groups excluding carboxylic acids is 7. The van der Waals surface area contributed by atoms with Crippen LogP contribution in [-0.4, -0.2) is 185 Å². The number of primary amides is 1. The normalized spacial score (nSPS) is 20.9. The fraction of sp³-hybridized carbons (Fsp3) is 0.548. The third-order valence-electron chi connectivity index (χ3n) is 16.5. The third-order valence-corrected chi connectivity index (χ3v) is 16.5. The number of hydrogen-bond donors (Lipinski definition) is 11. The minimum Gasteiger partial charge on any atom is -0.479 e. The number of ketones is 1. The fourth-order valence-electron chi connectivity index (χ4n) is 11.4. The van der Waals surface area contributed by atoms with E-state index in [0.717, 1.165) is 0 Å². The van der Waals surface area contributed by atoms with Crippen molar-refractivity contribution in [3.05, 3.63) is 85.4 Å². The molecule has 3 aliphatic heterocycles. The van der Waals surface area contributed by atoms with Crippen LogP contribution in [0.15, 0.2) is 35.1 Å². The van der Waals surface area contributed by atoms with Crippen LogP contribution in [0.25, 0.3) is 22.3 Å². The summed E-state index contributed by atoms with van der Waals surface area (Å²) in [6, 6.07) is 2.42. The molecule has 8 rings (SSSR count). The summed E-state index contributed by atoms with van der Waals surface area (Å²) in [6.45, 7) is 8.95. The van der Waals surface area contributed by atoms with E-state index >= 15 is 4.39 Å². The molecule has 506 valence electrons. The molecule has 30 nitrogen and oxygen atoms in total. The average Bonchev–Trinajstić information content (AvgIpc) is 1.61. The fourth-order valence-corrected chi connectivity index (χ4v) is 11.4. The maximum absolute atomic E-state index is 15.6. The van der Waals surface area contributed by atoms with Crippen molar-refractivity contribution in [2.45, 2.75) is 154 Å². The van der Waals surface area contributed by atoms with Gasteiger partial charge in [-0.25, -0.2) is 28.6 Å². The predicted molar refractivity (Wildman–Crippen MR) is 322 cm³/mol. The van der Waals surface area contributed by atoms with Gasteiger partial charge in [0.1, 0.15) is 61.0 Å². The number of carbonyl (C=O) groups is 8. The molecule has 0 bridgehead atoms. The Morgan fingerprint density at radius 2 is 1.55 bits per heavy atom. The number of fused-ring (bicyclic) bond motifs is 5. The van der Waals surface area contributed by atoms with Crippen molar-refractivity contribution in [2.24, 2.45) is 11.7 Å². The van der Waals surface area contributed by atoms with Crippen LogP contribution >= 0.6 is 0 Å². The summed E-state index contributed by atoms with van der Waals surface area (Å²) in [7, 11) is 0. The molecular weight excluding hydrogens is 1230 g/mol. The topological polar surface area (TPSA) is 433 Å². The minimum atomic E-state index is -2.12. The zero-order valence-corrected chi connectivity index (χ0v) is 52.0. The first-order chi connectivity index (χ1) is 44.3. The number of esters is 1. The van der Waals surface area contributed by atoms with Gasteiger partial charge in [0.25, 0.3) is 5.56 Å². The lowest BCUT2D eigenvalue weighted by molar-refractivity contribution is -0.271. The molecule has 12 N–H and O–H groups in total. The molecule has 4 aliphatic rings. The molecule has 31 heteroatoms. The number of carboxylic acids is 1. The number of Topliss-reactive ketones (excluding diaryl/α,β-unsaturated/α-hetero) is 1. The van der Waals surface area contributed by atoms with Gasteiger partial charge in [0.15, 0.2) is 11.7 Å². The first kappa shape index (κ1) is 70.6. The quantitative estimate of drug-likeness (QED) is 0.0213. The molecule has 5 heterocycles. The highest BCUT2D eigenvalue weighted by atomic mass is 19.1. The van der Waals surface area contributed by atoms with E-state index in [4.69, 9.17) is 48.6 Å². The van der Waals surface area contributed by atoms with Gasteiger partial charge in [-0.3, -0.25) is 24.0 Å². The van der Waals surface area contributed by atoms with Gasteiger partial charge in [-0.05, 0) is 92.3 Å². The zero-order valence-electron chi connectivity index (χ0n) is 52.0. The van der Waals surface area contributed by atoms with Crippen molar-refractivity contribution in [1.29, 1.82) is 0 Å². The molecular formula is C62H79FN8O22. The van der Waals surface area contributed by atoms with Crippen molar-refractivity contribution in [3.8, 4) is 17.1 Å². The minimum absolute atomic E-state index is 0.0222. The SMILES string of the molecule is CC[C@@]1(O)C(=O)OCc2c1cc1n(c2=O)Cc2c-1nc1cc(F)c(C)c3c1c2[C@@H](NC(=O)OCc1ccc(NC(=O)C(CCCNC(N)=O)NC(=O)[C@@H](NC(=O)CCOCCOCCOCCOCCC(C)=O)C(C)C)c(O[C@@H]2O[C@H](C(=O)O)[C@@H](O)[C@H](O)[C@H]2O)c1)CC3. The van der Waals surface area contributed by atoms with E-state index in [1.54, 1.807) is 27.7 Å². The summed E-state index contributed by atoms with van der Waals surface area (Å²) in [6.07, 6.45) is -10.9. The highest BCUT2D eigenvalue weighted by molar-refractivity contribution is 5.99. The number of nitrogens with two attached hydrogens (primary N) is 1. The molecule has 1 fully saturated rings.